The Morgan fingerprint density at radius 1 is 1.30 bits per heavy atom. The molecular weight excluding hydrogens is 256 g/mol. The topological polar surface area (TPSA) is 70.6 Å². The van der Waals surface area contributed by atoms with Gasteiger partial charge in [0.05, 0.1) is 12.1 Å². The lowest BCUT2D eigenvalue weighted by Crippen LogP contribution is -2.47. The van der Waals surface area contributed by atoms with Gasteiger partial charge in [0.25, 0.3) is 0 Å². The average Bonchev–Trinajstić information content (AvgIpc) is 2.42. The van der Waals surface area contributed by atoms with Crippen LogP contribution >= 0.6 is 0 Å². The van der Waals surface area contributed by atoms with Crippen LogP contribution in [0.3, 0.4) is 0 Å². The van der Waals surface area contributed by atoms with E-state index in [-0.39, 0.29) is 18.5 Å². The fourth-order valence-corrected chi connectivity index (χ4v) is 1.38. The molecule has 3 N–H and O–H groups in total. The number of rotatable bonds is 7. The second kappa shape index (κ2) is 7.75. The molecule has 0 radical (unpaired) electrons. The largest absolute Gasteiger partial charge is 0.492 e. The number of urea groups is 1. The highest BCUT2D eigenvalue weighted by Gasteiger charge is 2.25. The van der Waals surface area contributed by atoms with Gasteiger partial charge in [-0.1, -0.05) is 32.0 Å². The summed E-state index contributed by atoms with van der Waals surface area (Å²) >= 11 is 0. The molecular formula is C15H24N2O3. The smallest absolute Gasteiger partial charge is 0.315 e. The van der Waals surface area contributed by atoms with E-state index in [0.717, 1.165) is 5.75 Å². The van der Waals surface area contributed by atoms with Gasteiger partial charge in [0.1, 0.15) is 12.4 Å². The van der Waals surface area contributed by atoms with E-state index in [1.165, 1.54) is 0 Å². The van der Waals surface area contributed by atoms with Crippen molar-refractivity contribution in [3.05, 3.63) is 30.3 Å². The number of ether oxygens (including phenoxy) is 1. The molecule has 20 heavy (non-hydrogen) atoms. The number of hydrogen-bond donors (Lipinski definition) is 3. The second-order valence-electron chi connectivity index (χ2n) is 5.28. The minimum atomic E-state index is -0.905. The SMILES string of the molecule is CC(C)C(C)(O)CNC(=O)NCCOc1ccccc1. The summed E-state index contributed by atoms with van der Waals surface area (Å²) in [6, 6.07) is 9.12. The minimum Gasteiger partial charge on any atom is -0.492 e. The molecule has 1 aromatic carbocycles. The Kier molecular flexibility index (Phi) is 6.31. The predicted molar refractivity (Wildman–Crippen MR) is 78.8 cm³/mol. The average molecular weight is 280 g/mol. The van der Waals surface area contributed by atoms with Gasteiger partial charge in [0.2, 0.25) is 0 Å². The summed E-state index contributed by atoms with van der Waals surface area (Å²) in [5.41, 5.74) is -0.905. The summed E-state index contributed by atoms with van der Waals surface area (Å²) in [4.78, 5) is 11.5. The van der Waals surface area contributed by atoms with Gasteiger partial charge in [-0.3, -0.25) is 0 Å². The van der Waals surface area contributed by atoms with Crippen molar-refractivity contribution >= 4 is 6.03 Å². The van der Waals surface area contributed by atoms with Crippen LogP contribution in [0.25, 0.3) is 0 Å². The van der Waals surface area contributed by atoms with Gasteiger partial charge >= 0.3 is 6.03 Å². The number of nitrogens with one attached hydrogen (secondary N) is 2. The molecule has 5 nitrogen and oxygen atoms in total. The summed E-state index contributed by atoms with van der Waals surface area (Å²) in [5, 5.41) is 15.3. The van der Waals surface area contributed by atoms with Gasteiger partial charge in [-0.25, -0.2) is 4.79 Å². The van der Waals surface area contributed by atoms with Crippen LogP contribution in [0.2, 0.25) is 0 Å². The lowest BCUT2D eigenvalue weighted by atomic mass is 9.93. The quantitative estimate of drug-likeness (QED) is 0.667. The van der Waals surface area contributed by atoms with Crippen molar-refractivity contribution < 1.29 is 14.6 Å². The summed E-state index contributed by atoms with van der Waals surface area (Å²) < 4.78 is 5.45. The summed E-state index contributed by atoms with van der Waals surface area (Å²) in [6.45, 7) is 6.55. The number of carbonyl (C=O) groups is 1. The highest BCUT2D eigenvalue weighted by atomic mass is 16.5. The molecule has 1 aromatic rings. The van der Waals surface area contributed by atoms with E-state index >= 15 is 0 Å². The molecule has 112 valence electrons. The van der Waals surface area contributed by atoms with Crippen LogP contribution in [0, 0.1) is 5.92 Å². The number of hydrogen-bond acceptors (Lipinski definition) is 3. The molecule has 5 heteroatoms. The number of amides is 2. The summed E-state index contributed by atoms with van der Waals surface area (Å²) in [7, 11) is 0. The van der Waals surface area contributed by atoms with Crippen molar-refractivity contribution in [1.82, 2.24) is 10.6 Å². The van der Waals surface area contributed by atoms with E-state index in [1.54, 1.807) is 6.92 Å². The minimum absolute atomic E-state index is 0.0733. The molecule has 0 bridgehead atoms. The maximum absolute atomic E-state index is 11.5. The Balaban J connectivity index is 2.15. The third-order valence-electron chi connectivity index (χ3n) is 3.25. The van der Waals surface area contributed by atoms with Crippen LogP contribution in [0.15, 0.2) is 30.3 Å². The van der Waals surface area contributed by atoms with E-state index in [1.807, 2.05) is 44.2 Å². The number of para-hydroxylation sites is 1. The van der Waals surface area contributed by atoms with Crippen molar-refractivity contribution in [2.45, 2.75) is 26.4 Å². The first-order valence-electron chi connectivity index (χ1n) is 6.84. The van der Waals surface area contributed by atoms with Crippen LogP contribution in [0.5, 0.6) is 5.75 Å². The van der Waals surface area contributed by atoms with E-state index in [0.29, 0.717) is 13.2 Å². The molecule has 1 atom stereocenters. The predicted octanol–water partition coefficient (Wildman–Crippen LogP) is 1.77. The van der Waals surface area contributed by atoms with Crippen molar-refractivity contribution in [2.75, 3.05) is 19.7 Å². The molecule has 0 aromatic heterocycles. The zero-order valence-electron chi connectivity index (χ0n) is 12.3. The third kappa shape index (κ3) is 5.93. The Morgan fingerprint density at radius 2 is 1.95 bits per heavy atom. The molecule has 0 aliphatic carbocycles. The van der Waals surface area contributed by atoms with Crippen LogP contribution in [-0.2, 0) is 0 Å². The highest BCUT2D eigenvalue weighted by molar-refractivity contribution is 5.73. The van der Waals surface area contributed by atoms with E-state index in [4.69, 9.17) is 4.74 Å². The molecule has 2 amide bonds. The molecule has 0 saturated heterocycles. The van der Waals surface area contributed by atoms with Crippen molar-refractivity contribution in [3.63, 3.8) is 0 Å². The fraction of sp³-hybridized carbons (Fsp3) is 0.533. The number of benzene rings is 1. The molecule has 0 fully saturated rings. The van der Waals surface area contributed by atoms with Crippen LogP contribution in [0.4, 0.5) is 4.79 Å². The fourth-order valence-electron chi connectivity index (χ4n) is 1.38. The van der Waals surface area contributed by atoms with Gasteiger partial charge in [-0.15, -0.1) is 0 Å². The maximum Gasteiger partial charge on any atom is 0.315 e. The standard InChI is InChI=1S/C15H24N2O3/c1-12(2)15(3,19)11-17-14(18)16-9-10-20-13-7-5-4-6-8-13/h4-8,12,19H,9-11H2,1-3H3,(H2,16,17,18). The molecule has 0 aliphatic heterocycles. The first-order valence-corrected chi connectivity index (χ1v) is 6.84. The van der Waals surface area contributed by atoms with E-state index in [9.17, 15) is 9.90 Å². The van der Waals surface area contributed by atoms with Gasteiger partial charge in [-0.2, -0.15) is 0 Å². The van der Waals surface area contributed by atoms with Crippen molar-refractivity contribution in [1.29, 1.82) is 0 Å². The lowest BCUT2D eigenvalue weighted by molar-refractivity contribution is 0.0166. The normalized spacial score (nSPS) is 13.7. The highest BCUT2D eigenvalue weighted by Crippen LogP contribution is 2.14. The Bertz CT molecular complexity index is 405. The molecule has 0 heterocycles. The molecule has 1 rings (SSSR count). The summed E-state index contributed by atoms with van der Waals surface area (Å²) in [5.74, 6) is 0.849. The van der Waals surface area contributed by atoms with E-state index in [2.05, 4.69) is 10.6 Å². The van der Waals surface area contributed by atoms with Crippen LogP contribution in [0.1, 0.15) is 20.8 Å². The Hall–Kier alpha value is -1.75. The van der Waals surface area contributed by atoms with Gasteiger partial charge < -0.3 is 20.5 Å². The zero-order valence-corrected chi connectivity index (χ0v) is 12.3. The Morgan fingerprint density at radius 3 is 2.55 bits per heavy atom. The molecule has 0 saturated carbocycles. The van der Waals surface area contributed by atoms with Crippen molar-refractivity contribution in [2.24, 2.45) is 5.92 Å². The lowest BCUT2D eigenvalue weighted by Gasteiger charge is -2.27. The van der Waals surface area contributed by atoms with E-state index < -0.39 is 5.60 Å². The molecule has 0 aliphatic rings. The second-order valence-corrected chi connectivity index (χ2v) is 5.28. The van der Waals surface area contributed by atoms with Crippen LogP contribution in [-0.4, -0.2) is 36.4 Å². The summed E-state index contributed by atoms with van der Waals surface area (Å²) in [6.07, 6.45) is 0. The molecule has 0 spiro atoms. The third-order valence-corrected chi connectivity index (χ3v) is 3.25. The number of carbonyl (C=O) groups excluding carboxylic acids is 1. The zero-order chi connectivity index (χ0) is 15.0. The first-order chi connectivity index (χ1) is 9.42. The van der Waals surface area contributed by atoms with Crippen molar-refractivity contribution in [3.8, 4) is 5.75 Å². The Labute approximate surface area is 120 Å². The van der Waals surface area contributed by atoms with Gasteiger partial charge in [0, 0.05) is 6.54 Å². The molecule has 1 unspecified atom stereocenters. The first kappa shape index (κ1) is 16.3. The maximum atomic E-state index is 11.5. The van der Waals surface area contributed by atoms with Crippen LogP contribution < -0.4 is 15.4 Å². The van der Waals surface area contributed by atoms with Gasteiger partial charge in [-0.05, 0) is 25.0 Å². The van der Waals surface area contributed by atoms with Gasteiger partial charge in [0.15, 0.2) is 0 Å². The number of aliphatic hydroxyl groups is 1. The monoisotopic (exact) mass is 280 g/mol.